The number of hydrogen-bond acceptors (Lipinski definition) is 8. The van der Waals surface area contributed by atoms with Gasteiger partial charge in [0.2, 0.25) is 23.6 Å². The normalized spacial score (nSPS) is 13.9. The smallest absolute Gasteiger partial charge is 0.325 e. The van der Waals surface area contributed by atoms with Crippen LogP contribution in [-0.4, -0.2) is 82.5 Å². The van der Waals surface area contributed by atoms with E-state index in [1.807, 2.05) is 5.32 Å². The minimum atomic E-state index is -1.66. The Morgan fingerprint density at radius 2 is 1.41 bits per heavy atom. The molecular weight excluding hydrogens is 456 g/mol. The lowest BCUT2D eigenvalue weighted by atomic mass is 10.1. The molecule has 0 saturated carbocycles. The lowest BCUT2D eigenvalue weighted by Gasteiger charge is -2.24. The summed E-state index contributed by atoms with van der Waals surface area (Å²) >= 11 is 0. The quantitative estimate of drug-likeness (QED) is 0.0568. The average molecular weight is 489 g/mol. The molecule has 0 rings (SSSR count). The van der Waals surface area contributed by atoms with Gasteiger partial charge in [0.1, 0.15) is 18.1 Å². The Labute approximate surface area is 194 Å². The maximum atomic E-state index is 12.7. The number of aliphatic carboxylic acids is 2. The fraction of sp³-hybridized carbons (Fsp3) is 0.611. The molecule has 0 aliphatic carbocycles. The topological polar surface area (TPSA) is 295 Å². The highest BCUT2D eigenvalue weighted by Gasteiger charge is 2.30. The number of aliphatic imine (C=N–C) groups is 1. The SMILES string of the molecule is CC(NC(=O)C(CC(=O)O)NC(=O)C(CCC(N)=O)NC(=O)C(N)CCCN=C(N)N)C(=O)O. The second-order valence-electron chi connectivity index (χ2n) is 7.35. The number of nitrogens with one attached hydrogen (secondary N) is 3. The van der Waals surface area contributed by atoms with Crippen LogP contribution in [0, 0.1) is 0 Å². The molecule has 0 aliphatic heterocycles. The Morgan fingerprint density at radius 3 is 1.91 bits per heavy atom. The Kier molecular flexibility index (Phi) is 13.2. The first-order chi connectivity index (χ1) is 15.7. The van der Waals surface area contributed by atoms with Crippen molar-refractivity contribution in [3.63, 3.8) is 0 Å². The maximum absolute atomic E-state index is 12.7. The first kappa shape index (κ1) is 30.1. The highest BCUT2D eigenvalue weighted by Crippen LogP contribution is 2.04. The third-order valence-electron chi connectivity index (χ3n) is 4.36. The van der Waals surface area contributed by atoms with E-state index in [9.17, 15) is 28.8 Å². The number of nitrogens with zero attached hydrogens (tertiary/aromatic N) is 1. The van der Waals surface area contributed by atoms with Gasteiger partial charge in [-0.25, -0.2) is 0 Å². The molecule has 0 aliphatic rings. The van der Waals surface area contributed by atoms with Crippen LogP contribution in [0.4, 0.5) is 0 Å². The van der Waals surface area contributed by atoms with Crippen LogP contribution in [0.5, 0.6) is 0 Å². The first-order valence-electron chi connectivity index (χ1n) is 10.2. The second kappa shape index (κ2) is 15.0. The summed E-state index contributed by atoms with van der Waals surface area (Å²) in [5.74, 6) is -6.55. The maximum Gasteiger partial charge on any atom is 0.325 e. The Balaban J connectivity index is 5.34. The summed E-state index contributed by atoms with van der Waals surface area (Å²) in [6.07, 6.45) is -0.938. The number of amides is 4. The highest BCUT2D eigenvalue weighted by molar-refractivity contribution is 5.95. The minimum absolute atomic E-state index is 0.126. The minimum Gasteiger partial charge on any atom is -0.481 e. The monoisotopic (exact) mass is 488 g/mol. The van der Waals surface area contributed by atoms with Crippen LogP contribution in [0.15, 0.2) is 4.99 Å². The molecule has 4 atom stereocenters. The number of carboxylic acids is 2. The number of carboxylic acid groups (broad SMARTS) is 2. The number of guanidine groups is 1. The predicted molar refractivity (Wildman–Crippen MR) is 118 cm³/mol. The van der Waals surface area contributed by atoms with Crippen LogP contribution in [0.1, 0.15) is 39.0 Å². The van der Waals surface area contributed by atoms with Crippen LogP contribution < -0.4 is 38.9 Å². The number of hydrogen-bond donors (Lipinski definition) is 9. The van der Waals surface area contributed by atoms with Crippen LogP contribution >= 0.6 is 0 Å². The van der Waals surface area contributed by atoms with Gasteiger partial charge < -0.3 is 49.1 Å². The molecular formula is C18H32N8O8. The second-order valence-corrected chi connectivity index (χ2v) is 7.35. The van der Waals surface area contributed by atoms with Crippen LogP contribution in [0.3, 0.4) is 0 Å². The summed E-state index contributed by atoms with van der Waals surface area (Å²) in [6.45, 7) is 1.36. The van der Waals surface area contributed by atoms with Gasteiger partial charge in [0, 0.05) is 13.0 Å². The molecule has 4 amide bonds. The van der Waals surface area contributed by atoms with Gasteiger partial charge in [0.25, 0.3) is 0 Å². The van der Waals surface area contributed by atoms with Crippen molar-refractivity contribution in [2.24, 2.45) is 27.9 Å². The van der Waals surface area contributed by atoms with E-state index in [2.05, 4.69) is 15.6 Å². The summed E-state index contributed by atoms with van der Waals surface area (Å²) in [4.78, 5) is 74.3. The largest absolute Gasteiger partial charge is 0.481 e. The van der Waals surface area contributed by atoms with Gasteiger partial charge in [0.15, 0.2) is 5.96 Å². The lowest BCUT2D eigenvalue weighted by Crippen LogP contribution is -2.57. The molecule has 0 aromatic heterocycles. The zero-order chi connectivity index (χ0) is 26.4. The van der Waals surface area contributed by atoms with E-state index in [0.717, 1.165) is 6.92 Å². The standard InChI is InChI=1S/C18H32N8O8/c1-8(17(33)34)24-16(32)11(7-13(28)29)26-15(31)10(4-5-12(20)27)25-14(30)9(19)3-2-6-23-18(21)22/h8-11H,2-7,19H2,1H3,(H2,20,27)(H,24,32)(H,25,30)(H,26,31)(H,28,29)(H,33,34)(H4,21,22,23). The van der Waals surface area contributed by atoms with Gasteiger partial charge >= 0.3 is 11.9 Å². The van der Waals surface area contributed by atoms with E-state index in [0.29, 0.717) is 6.42 Å². The van der Waals surface area contributed by atoms with Crippen molar-refractivity contribution in [1.82, 2.24) is 16.0 Å². The Bertz CT molecular complexity index is 799. The van der Waals surface area contributed by atoms with E-state index >= 15 is 0 Å². The molecule has 0 aromatic carbocycles. The third-order valence-corrected chi connectivity index (χ3v) is 4.36. The van der Waals surface area contributed by atoms with E-state index in [1.54, 1.807) is 0 Å². The van der Waals surface area contributed by atoms with Gasteiger partial charge in [-0.05, 0) is 26.2 Å². The van der Waals surface area contributed by atoms with Crippen LogP contribution in [0.25, 0.3) is 0 Å². The molecule has 4 unspecified atom stereocenters. The lowest BCUT2D eigenvalue weighted by molar-refractivity contribution is -0.143. The molecule has 16 heteroatoms. The Morgan fingerprint density at radius 1 is 0.853 bits per heavy atom. The molecule has 0 bridgehead atoms. The van der Waals surface area contributed by atoms with Gasteiger partial charge in [-0.15, -0.1) is 0 Å². The van der Waals surface area contributed by atoms with Gasteiger partial charge in [-0.1, -0.05) is 0 Å². The van der Waals surface area contributed by atoms with Gasteiger partial charge in [-0.2, -0.15) is 0 Å². The summed E-state index contributed by atoms with van der Waals surface area (Å²) in [6, 6.07) is -5.46. The van der Waals surface area contributed by atoms with Crippen molar-refractivity contribution < 1.29 is 39.0 Å². The molecule has 0 radical (unpaired) electrons. The van der Waals surface area contributed by atoms with Crippen molar-refractivity contribution in [1.29, 1.82) is 0 Å². The Hall–Kier alpha value is -3.95. The zero-order valence-corrected chi connectivity index (χ0v) is 18.7. The summed E-state index contributed by atoms with van der Waals surface area (Å²) in [5, 5.41) is 24.5. The van der Waals surface area contributed by atoms with E-state index < -0.39 is 66.2 Å². The average Bonchev–Trinajstić information content (AvgIpc) is 2.72. The van der Waals surface area contributed by atoms with Crippen LogP contribution in [-0.2, 0) is 28.8 Å². The van der Waals surface area contributed by atoms with Crippen molar-refractivity contribution in [3.8, 4) is 0 Å². The molecule has 16 nitrogen and oxygen atoms in total. The van der Waals surface area contributed by atoms with Crippen molar-refractivity contribution >= 4 is 41.5 Å². The van der Waals surface area contributed by atoms with E-state index in [4.69, 9.17) is 33.1 Å². The summed E-state index contributed by atoms with van der Waals surface area (Å²) in [7, 11) is 0. The zero-order valence-electron chi connectivity index (χ0n) is 18.7. The molecule has 0 spiro atoms. The fourth-order valence-electron chi connectivity index (χ4n) is 2.52. The number of carbonyl (C=O) groups excluding carboxylic acids is 4. The molecule has 0 saturated heterocycles. The summed E-state index contributed by atoms with van der Waals surface area (Å²) in [5.41, 5.74) is 21.3. The highest BCUT2D eigenvalue weighted by atomic mass is 16.4. The number of rotatable bonds is 16. The number of nitrogens with two attached hydrogens (primary N) is 4. The third kappa shape index (κ3) is 12.8. The van der Waals surface area contributed by atoms with E-state index in [-0.39, 0.29) is 31.8 Å². The van der Waals surface area contributed by atoms with Crippen LogP contribution in [0.2, 0.25) is 0 Å². The molecule has 192 valence electrons. The number of carbonyl (C=O) groups is 6. The van der Waals surface area contributed by atoms with Gasteiger partial charge in [0.05, 0.1) is 12.5 Å². The molecule has 0 aromatic rings. The van der Waals surface area contributed by atoms with Crippen molar-refractivity contribution in [2.75, 3.05) is 6.54 Å². The van der Waals surface area contributed by atoms with E-state index in [1.165, 1.54) is 0 Å². The first-order valence-corrected chi connectivity index (χ1v) is 10.2. The number of primary amides is 1. The van der Waals surface area contributed by atoms with Gasteiger partial charge in [-0.3, -0.25) is 33.8 Å². The van der Waals surface area contributed by atoms with Crippen molar-refractivity contribution in [2.45, 2.75) is 63.2 Å². The summed E-state index contributed by atoms with van der Waals surface area (Å²) < 4.78 is 0. The fourth-order valence-corrected chi connectivity index (χ4v) is 2.52. The molecule has 13 N–H and O–H groups in total. The molecule has 0 heterocycles. The van der Waals surface area contributed by atoms with Crippen molar-refractivity contribution in [3.05, 3.63) is 0 Å². The molecule has 0 fully saturated rings. The predicted octanol–water partition coefficient (Wildman–Crippen LogP) is -4.33. The molecule has 34 heavy (non-hydrogen) atoms.